The Kier molecular flexibility index (Phi) is 3.74. The number of benzene rings is 3. The molecule has 3 aromatic carbocycles. The summed E-state index contributed by atoms with van der Waals surface area (Å²) < 4.78 is 6.10. The molecule has 3 heterocycles. The van der Waals surface area contributed by atoms with Crippen LogP contribution in [0.2, 0.25) is 0 Å². The van der Waals surface area contributed by atoms with E-state index in [2.05, 4.69) is 61.6 Å². The van der Waals surface area contributed by atoms with E-state index in [0.29, 0.717) is 5.84 Å². The molecule has 30 heavy (non-hydrogen) atoms. The Bertz CT molecular complexity index is 1210. The maximum absolute atomic E-state index is 6.10. The number of aliphatic imine (C=N–C) groups is 3. The van der Waals surface area contributed by atoms with Gasteiger partial charge < -0.3 is 15.0 Å². The van der Waals surface area contributed by atoms with Crippen molar-refractivity contribution >= 4 is 34.8 Å². The van der Waals surface area contributed by atoms with Gasteiger partial charge in [0, 0.05) is 23.7 Å². The van der Waals surface area contributed by atoms with Crippen molar-refractivity contribution in [2.75, 3.05) is 4.90 Å². The highest BCUT2D eigenvalue weighted by atomic mass is 16.5. The first-order valence-electron chi connectivity index (χ1n) is 9.74. The zero-order valence-electron chi connectivity index (χ0n) is 15.9. The van der Waals surface area contributed by atoms with E-state index in [-0.39, 0.29) is 6.17 Å². The second-order valence-electron chi connectivity index (χ2n) is 7.07. The van der Waals surface area contributed by atoms with Crippen LogP contribution >= 0.6 is 0 Å². The SMILES string of the molecule is C1=CNC2N=CC(c3ccc(N4c5ccccc5Oc5ccccc54)cc3)=NC2=N1. The lowest BCUT2D eigenvalue weighted by Crippen LogP contribution is -2.36. The molecule has 144 valence electrons. The molecule has 0 fully saturated rings. The zero-order chi connectivity index (χ0) is 19.9. The normalized spacial score (nSPS) is 18.3. The van der Waals surface area contributed by atoms with Gasteiger partial charge in [0.1, 0.15) is 0 Å². The molecule has 6 nitrogen and oxygen atoms in total. The number of anilines is 3. The maximum atomic E-state index is 6.10. The van der Waals surface area contributed by atoms with Crippen molar-refractivity contribution in [3.05, 3.63) is 90.8 Å². The van der Waals surface area contributed by atoms with Crippen LogP contribution in [0.1, 0.15) is 5.56 Å². The van der Waals surface area contributed by atoms with Crippen LogP contribution in [-0.2, 0) is 0 Å². The van der Waals surface area contributed by atoms with Gasteiger partial charge in [0.25, 0.3) is 0 Å². The number of amidine groups is 1. The molecule has 1 unspecified atom stereocenters. The molecule has 1 N–H and O–H groups in total. The topological polar surface area (TPSA) is 61.6 Å². The number of fused-ring (bicyclic) bond motifs is 3. The molecule has 0 bridgehead atoms. The van der Waals surface area contributed by atoms with E-state index in [9.17, 15) is 0 Å². The van der Waals surface area contributed by atoms with Gasteiger partial charge in [-0.1, -0.05) is 36.4 Å². The molecule has 0 radical (unpaired) electrons. The van der Waals surface area contributed by atoms with Crippen molar-refractivity contribution in [3.63, 3.8) is 0 Å². The number of nitrogens with one attached hydrogen (secondary N) is 1. The fourth-order valence-corrected chi connectivity index (χ4v) is 3.79. The Morgan fingerprint density at radius 1 is 0.833 bits per heavy atom. The molecule has 3 aliphatic rings. The molecule has 0 saturated carbocycles. The molecule has 1 atom stereocenters. The third kappa shape index (κ3) is 2.69. The molecular formula is C24H17N5O. The molecular weight excluding hydrogens is 374 g/mol. The van der Waals surface area contributed by atoms with Gasteiger partial charge >= 0.3 is 0 Å². The second-order valence-corrected chi connectivity index (χ2v) is 7.07. The maximum Gasteiger partial charge on any atom is 0.179 e. The van der Waals surface area contributed by atoms with Crippen molar-refractivity contribution in [3.8, 4) is 11.5 Å². The monoisotopic (exact) mass is 391 g/mol. The molecule has 6 heteroatoms. The summed E-state index contributed by atoms with van der Waals surface area (Å²) in [4.78, 5) is 15.7. The van der Waals surface area contributed by atoms with Crippen LogP contribution < -0.4 is 15.0 Å². The first-order chi connectivity index (χ1) is 14.9. The number of ether oxygens (including phenoxy) is 1. The van der Waals surface area contributed by atoms with E-state index in [4.69, 9.17) is 4.74 Å². The highest BCUT2D eigenvalue weighted by molar-refractivity contribution is 6.41. The highest BCUT2D eigenvalue weighted by Crippen LogP contribution is 2.49. The zero-order valence-corrected chi connectivity index (χ0v) is 15.9. The largest absolute Gasteiger partial charge is 0.453 e. The molecule has 6 rings (SSSR count). The fraction of sp³-hybridized carbons (Fsp3) is 0.0417. The lowest BCUT2D eigenvalue weighted by molar-refractivity contribution is 0.477. The Morgan fingerprint density at radius 3 is 2.27 bits per heavy atom. The minimum absolute atomic E-state index is 0.195. The van der Waals surface area contributed by atoms with Crippen LogP contribution in [0.4, 0.5) is 17.1 Å². The van der Waals surface area contributed by atoms with Gasteiger partial charge in [0.15, 0.2) is 23.5 Å². The third-order valence-corrected chi connectivity index (χ3v) is 5.21. The van der Waals surface area contributed by atoms with Crippen LogP contribution in [0.5, 0.6) is 11.5 Å². The van der Waals surface area contributed by atoms with Gasteiger partial charge in [-0.15, -0.1) is 0 Å². The summed E-state index contributed by atoms with van der Waals surface area (Å²) in [5.41, 5.74) is 4.87. The first-order valence-corrected chi connectivity index (χ1v) is 9.74. The van der Waals surface area contributed by atoms with Gasteiger partial charge in [-0.2, -0.15) is 0 Å². The molecule has 0 spiro atoms. The standard InChI is InChI=1S/C24H17N5O/c1-3-7-21-19(5-1)29(20-6-2-4-8-22(20)30-21)17-11-9-16(10-12-17)18-15-27-23-24(28-18)26-14-13-25-23/h1-15,23,25H. The van der Waals surface area contributed by atoms with Crippen molar-refractivity contribution in [2.45, 2.75) is 6.17 Å². The molecule has 0 amide bonds. The molecule has 0 aliphatic carbocycles. The number of hydrogen-bond acceptors (Lipinski definition) is 6. The van der Waals surface area contributed by atoms with E-state index in [1.165, 1.54) is 0 Å². The molecule has 3 aromatic rings. The molecule has 3 aliphatic heterocycles. The second kappa shape index (κ2) is 6.70. The van der Waals surface area contributed by atoms with Crippen molar-refractivity contribution < 1.29 is 4.74 Å². The number of para-hydroxylation sites is 4. The Labute approximate surface area is 173 Å². The van der Waals surface area contributed by atoms with Gasteiger partial charge in [-0.05, 0) is 36.4 Å². The van der Waals surface area contributed by atoms with Crippen molar-refractivity contribution in [2.24, 2.45) is 15.0 Å². The van der Waals surface area contributed by atoms with Gasteiger partial charge in [-0.25, -0.2) is 9.98 Å². The Balaban J connectivity index is 1.39. The number of nitrogens with zero attached hydrogens (tertiary/aromatic N) is 4. The third-order valence-electron chi connectivity index (χ3n) is 5.21. The van der Waals surface area contributed by atoms with E-state index < -0.39 is 0 Å². The summed E-state index contributed by atoms with van der Waals surface area (Å²) in [6.07, 6.45) is 5.08. The summed E-state index contributed by atoms with van der Waals surface area (Å²) in [6.45, 7) is 0. The van der Waals surface area contributed by atoms with Crippen LogP contribution in [0.25, 0.3) is 0 Å². The summed E-state index contributed by atoms with van der Waals surface area (Å²) in [6, 6.07) is 24.4. The number of hydrogen-bond donors (Lipinski definition) is 1. The van der Waals surface area contributed by atoms with Gasteiger partial charge in [0.05, 0.1) is 23.3 Å². The average molecular weight is 391 g/mol. The Morgan fingerprint density at radius 2 is 1.53 bits per heavy atom. The average Bonchev–Trinajstić information content (AvgIpc) is 2.82. The number of rotatable bonds is 2. The minimum atomic E-state index is -0.195. The van der Waals surface area contributed by atoms with Crippen LogP contribution in [0.3, 0.4) is 0 Å². The minimum Gasteiger partial charge on any atom is -0.453 e. The van der Waals surface area contributed by atoms with Gasteiger partial charge in [0.2, 0.25) is 0 Å². The van der Waals surface area contributed by atoms with E-state index in [0.717, 1.165) is 39.8 Å². The molecule has 0 aromatic heterocycles. The quantitative estimate of drug-likeness (QED) is 0.527. The molecule has 0 saturated heterocycles. The summed E-state index contributed by atoms with van der Waals surface area (Å²) in [7, 11) is 0. The van der Waals surface area contributed by atoms with Crippen LogP contribution in [0.15, 0.2) is 100 Å². The van der Waals surface area contributed by atoms with E-state index in [1.807, 2.05) is 36.4 Å². The smallest absolute Gasteiger partial charge is 0.179 e. The predicted molar refractivity (Wildman–Crippen MR) is 120 cm³/mol. The van der Waals surface area contributed by atoms with Crippen LogP contribution in [-0.4, -0.2) is 23.9 Å². The van der Waals surface area contributed by atoms with Crippen molar-refractivity contribution in [1.29, 1.82) is 0 Å². The van der Waals surface area contributed by atoms with E-state index >= 15 is 0 Å². The van der Waals surface area contributed by atoms with Crippen LogP contribution in [0, 0.1) is 0 Å². The predicted octanol–water partition coefficient (Wildman–Crippen LogP) is 4.93. The lowest BCUT2D eigenvalue weighted by atomic mass is 10.1. The van der Waals surface area contributed by atoms with E-state index in [1.54, 1.807) is 18.6 Å². The summed E-state index contributed by atoms with van der Waals surface area (Å²) in [5, 5.41) is 3.13. The van der Waals surface area contributed by atoms with Crippen molar-refractivity contribution in [1.82, 2.24) is 5.32 Å². The summed E-state index contributed by atoms with van der Waals surface area (Å²) in [5.74, 6) is 2.35. The first kappa shape index (κ1) is 16.7. The fourth-order valence-electron chi connectivity index (χ4n) is 3.79. The van der Waals surface area contributed by atoms with Gasteiger partial charge in [-0.3, -0.25) is 4.99 Å². The lowest BCUT2D eigenvalue weighted by Gasteiger charge is -2.32. The Hall–Kier alpha value is -4.19. The highest BCUT2D eigenvalue weighted by Gasteiger charge is 2.25. The summed E-state index contributed by atoms with van der Waals surface area (Å²) >= 11 is 0.